The number of rotatable bonds is 4. The van der Waals surface area contributed by atoms with Crippen molar-refractivity contribution in [2.24, 2.45) is 0 Å². The third kappa shape index (κ3) is 3.67. The van der Waals surface area contributed by atoms with Crippen LogP contribution in [0.2, 0.25) is 0 Å². The molecule has 0 bridgehead atoms. The lowest BCUT2D eigenvalue weighted by Gasteiger charge is -2.10. The number of nitrogens with one attached hydrogen (secondary N) is 1. The molecule has 0 saturated carbocycles. The van der Waals surface area contributed by atoms with Crippen LogP contribution in [0.1, 0.15) is 22.8 Å². The zero-order valence-corrected chi connectivity index (χ0v) is 13.1. The monoisotopic (exact) mass is 330 g/mol. The number of benzene rings is 2. The molecular formula is C16H14N2O4S. The summed E-state index contributed by atoms with van der Waals surface area (Å²) in [6.45, 7) is 1.51. The van der Waals surface area contributed by atoms with E-state index in [4.69, 9.17) is 5.26 Å². The van der Waals surface area contributed by atoms with Crippen molar-refractivity contribution in [3.05, 3.63) is 53.6 Å². The molecule has 0 atom stereocenters. The van der Waals surface area contributed by atoms with Gasteiger partial charge in [0.05, 0.1) is 28.0 Å². The molecule has 6 nitrogen and oxygen atoms in total. The van der Waals surface area contributed by atoms with Crippen LogP contribution in [-0.4, -0.2) is 25.2 Å². The number of nitriles is 1. The van der Waals surface area contributed by atoms with Crippen LogP contribution < -0.4 is 5.32 Å². The van der Waals surface area contributed by atoms with Crippen molar-refractivity contribution in [3.8, 4) is 11.8 Å². The van der Waals surface area contributed by atoms with Crippen LogP contribution in [0.5, 0.6) is 5.75 Å². The smallest absolute Gasteiger partial charge is 0.255 e. The minimum atomic E-state index is -3.45. The summed E-state index contributed by atoms with van der Waals surface area (Å²) in [7, 11) is -3.45. The molecule has 2 N–H and O–H groups in total. The summed E-state index contributed by atoms with van der Waals surface area (Å²) in [6.07, 6.45) is 0. The lowest BCUT2D eigenvalue weighted by Crippen LogP contribution is -2.13. The summed E-state index contributed by atoms with van der Waals surface area (Å²) in [5, 5.41) is 21.0. The highest BCUT2D eigenvalue weighted by molar-refractivity contribution is 7.91. The number of hydrogen-bond acceptors (Lipinski definition) is 5. The molecule has 118 valence electrons. The first-order valence-electron chi connectivity index (χ1n) is 6.74. The van der Waals surface area contributed by atoms with E-state index >= 15 is 0 Å². The maximum Gasteiger partial charge on any atom is 0.255 e. The number of carbonyl (C=O) groups is 1. The minimum Gasteiger partial charge on any atom is -0.506 e. The number of phenolic OH excluding ortho intramolecular Hbond substituents is 1. The zero-order valence-electron chi connectivity index (χ0n) is 12.3. The van der Waals surface area contributed by atoms with E-state index < -0.39 is 15.7 Å². The molecule has 2 rings (SSSR count). The van der Waals surface area contributed by atoms with Crippen molar-refractivity contribution in [1.82, 2.24) is 0 Å². The highest BCUT2D eigenvalue weighted by atomic mass is 32.2. The molecule has 0 radical (unpaired) electrons. The van der Waals surface area contributed by atoms with Crippen molar-refractivity contribution >= 4 is 21.4 Å². The first kappa shape index (κ1) is 16.5. The third-order valence-electron chi connectivity index (χ3n) is 3.23. The Kier molecular flexibility index (Phi) is 4.67. The predicted molar refractivity (Wildman–Crippen MR) is 84.9 cm³/mol. The summed E-state index contributed by atoms with van der Waals surface area (Å²) in [5.74, 6) is -0.835. The molecule has 2 aromatic carbocycles. The van der Waals surface area contributed by atoms with Gasteiger partial charge in [-0.2, -0.15) is 5.26 Å². The first-order chi connectivity index (χ1) is 10.9. The molecule has 0 aliphatic rings. The van der Waals surface area contributed by atoms with Gasteiger partial charge in [0.15, 0.2) is 9.84 Å². The highest BCUT2D eigenvalue weighted by Gasteiger charge is 2.15. The van der Waals surface area contributed by atoms with E-state index in [0.29, 0.717) is 5.56 Å². The molecule has 0 aliphatic heterocycles. The van der Waals surface area contributed by atoms with Crippen molar-refractivity contribution < 1.29 is 18.3 Å². The minimum absolute atomic E-state index is 0.00823. The van der Waals surface area contributed by atoms with Gasteiger partial charge in [-0.15, -0.1) is 0 Å². The molecule has 0 fully saturated rings. The second-order valence-electron chi connectivity index (χ2n) is 4.73. The second-order valence-corrected chi connectivity index (χ2v) is 7.00. The highest BCUT2D eigenvalue weighted by Crippen LogP contribution is 2.27. The van der Waals surface area contributed by atoms with Gasteiger partial charge in [0.1, 0.15) is 5.75 Å². The molecular weight excluding hydrogens is 316 g/mol. The van der Waals surface area contributed by atoms with Gasteiger partial charge in [0.25, 0.3) is 5.91 Å². The van der Waals surface area contributed by atoms with Gasteiger partial charge in [-0.3, -0.25) is 4.79 Å². The van der Waals surface area contributed by atoms with Crippen LogP contribution in [0.25, 0.3) is 0 Å². The van der Waals surface area contributed by atoms with Gasteiger partial charge in [-0.25, -0.2) is 8.42 Å². The quantitative estimate of drug-likeness (QED) is 0.837. The number of carbonyl (C=O) groups excluding carboxylic acids is 1. The number of aromatic hydroxyl groups is 1. The number of phenols is 1. The summed E-state index contributed by atoms with van der Waals surface area (Å²) < 4.78 is 23.7. The van der Waals surface area contributed by atoms with Gasteiger partial charge in [-0.1, -0.05) is 6.92 Å². The van der Waals surface area contributed by atoms with Crippen LogP contribution >= 0.6 is 0 Å². The van der Waals surface area contributed by atoms with E-state index in [9.17, 15) is 18.3 Å². The van der Waals surface area contributed by atoms with E-state index in [0.717, 1.165) is 0 Å². The molecule has 0 aromatic heterocycles. The predicted octanol–water partition coefficient (Wildman–Crippen LogP) is 2.31. The maximum atomic E-state index is 12.1. The van der Waals surface area contributed by atoms with Crippen LogP contribution in [0, 0.1) is 11.3 Å². The molecule has 1 amide bonds. The largest absolute Gasteiger partial charge is 0.506 e. The zero-order chi connectivity index (χ0) is 17.0. The number of nitrogens with zero attached hydrogens (tertiary/aromatic N) is 1. The normalized spacial score (nSPS) is 10.8. The summed E-state index contributed by atoms with van der Waals surface area (Å²) in [6, 6.07) is 11.6. The summed E-state index contributed by atoms with van der Waals surface area (Å²) in [5.41, 5.74) is 0.710. The van der Waals surface area contributed by atoms with E-state index in [1.165, 1.54) is 49.4 Å². The SMILES string of the molecule is CCS(=O)(=O)c1ccc(O)c(NC(=O)c2ccc(C#N)cc2)c1. The average molecular weight is 330 g/mol. The third-order valence-corrected chi connectivity index (χ3v) is 4.96. The molecule has 0 unspecified atom stereocenters. The Morgan fingerprint density at radius 3 is 2.43 bits per heavy atom. The summed E-state index contributed by atoms with van der Waals surface area (Å²) >= 11 is 0. The Morgan fingerprint density at radius 1 is 1.22 bits per heavy atom. The Hall–Kier alpha value is -2.85. The maximum absolute atomic E-state index is 12.1. The Bertz CT molecular complexity index is 881. The number of sulfone groups is 1. The number of anilines is 1. The molecule has 0 aliphatic carbocycles. The van der Waals surface area contributed by atoms with Crippen LogP contribution in [0.15, 0.2) is 47.4 Å². The Balaban J connectivity index is 2.30. The fraction of sp³-hybridized carbons (Fsp3) is 0.125. The molecule has 23 heavy (non-hydrogen) atoms. The van der Waals surface area contributed by atoms with Gasteiger partial charge < -0.3 is 10.4 Å². The van der Waals surface area contributed by atoms with Crippen molar-refractivity contribution in [3.63, 3.8) is 0 Å². The fourth-order valence-electron chi connectivity index (χ4n) is 1.87. The van der Waals surface area contributed by atoms with Gasteiger partial charge in [-0.05, 0) is 42.5 Å². The van der Waals surface area contributed by atoms with Crippen LogP contribution in [0.4, 0.5) is 5.69 Å². The standard InChI is InChI=1S/C16H14N2O4S/c1-2-23(21,22)13-7-8-15(19)14(9-13)18-16(20)12-5-3-11(10-17)4-6-12/h3-9,19H,2H2,1H3,(H,18,20). The fourth-order valence-corrected chi connectivity index (χ4v) is 2.77. The molecule has 7 heteroatoms. The number of amides is 1. The molecule has 0 saturated heterocycles. The average Bonchev–Trinajstić information content (AvgIpc) is 2.56. The van der Waals surface area contributed by atoms with Crippen LogP contribution in [-0.2, 0) is 9.84 Å². The lowest BCUT2D eigenvalue weighted by molar-refractivity contribution is 0.102. The van der Waals surface area contributed by atoms with E-state index in [-0.39, 0.29) is 27.6 Å². The van der Waals surface area contributed by atoms with Crippen molar-refractivity contribution in [1.29, 1.82) is 5.26 Å². The van der Waals surface area contributed by atoms with Gasteiger partial charge in [0, 0.05) is 5.56 Å². The molecule has 0 spiro atoms. The topological polar surface area (TPSA) is 107 Å². The van der Waals surface area contributed by atoms with E-state index in [1.807, 2.05) is 6.07 Å². The molecule has 0 heterocycles. The van der Waals surface area contributed by atoms with Crippen molar-refractivity contribution in [2.75, 3.05) is 11.1 Å². The van der Waals surface area contributed by atoms with Crippen molar-refractivity contribution in [2.45, 2.75) is 11.8 Å². The van der Waals surface area contributed by atoms with Gasteiger partial charge in [0.2, 0.25) is 0 Å². The van der Waals surface area contributed by atoms with Crippen LogP contribution in [0.3, 0.4) is 0 Å². The Morgan fingerprint density at radius 2 is 1.87 bits per heavy atom. The number of hydrogen-bond donors (Lipinski definition) is 2. The van der Waals surface area contributed by atoms with E-state index in [1.54, 1.807) is 0 Å². The van der Waals surface area contributed by atoms with Gasteiger partial charge >= 0.3 is 0 Å². The summed E-state index contributed by atoms with van der Waals surface area (Å²) in [4.78, 5) is 12.2. The lowest BCUT2D eigenvalue weighted by atomic mass is 10.1. The first-order valence-corrected chi connectivity index (χ1v) is 8.40. The van der Waals surface area contributed by atoms with E-state index in [2.05, 4.69) is 5.32 Å². The molecule has 2 aromatic rings. The second kappa shape index (κ2) is 6.50. The Labute approximate surface area is 133 Å².